The van der Waals surface area contributed by atoms with Gasteiger partial charge in [-0.05, 0) is 76.7 Å². The number of aromatic amines is 1. The molecule has 170 valence electrons. The highest BCUT2D eigenvalue weighted by molar-refractivity contribution is 9.10. The number of ether oxygens (including phenoxy) is 3. The number of rotatable bonds is 7. The fourth-order valence-corrected chi connectivity index (χ4v) is 7.79. The predicted molar refractivity (Wildman–Crippen MR) is 116 cm³/mol. The number of aromatic nitrogens is 1. The quantitative estimate of drug-likeness (QED) is 0.341. The maximum atomic E-state index is 13.3. The Morgan fingerprint density at radius 2 is 1.61 bits per heavy atom. The third-order valence-electron chi connectivity index (χ3n) is 7.06. The fraction of sp³-hybridized carbons (Fsp3) is 0.696. The normalized spacial score (nSPS) is 30.8. The minimum Gasteiger partial charge on any atom is -0.462 e. The number of halogens is 1. The molecule has 4 aliphatic rings. The number of hydrogen-bond donors (Lipinski definition) is 1. The van der Waals surface area contributed by atoms with Gasteiger partial charge in [-0.3, -0.25) is 4.79 Å². The van der Waals surface area contributed by atoms with E-state index in [2.05, 4.69) is 20.9 Å². The Bertz CT molecular complexity index is 892. The molecular weight excluding hydrogens is 466 g/mol. The van der Waals surface area contributed by atoms with E-state index in [0.717, 1.165) is 32.1 Å². The van der Waals surface area contributed by atoms with Crippen molar-refractivity contribution in [3.63, 3.8) is 0 Å². The molecule has 7 nitrogen and oxygen atoms in total. The van der Waals surface area contributed by atoms with E-state index >= 15 is 0 Å². The van der Waals surface area contributed by atoms with E-state index in [4.69, 9.17) is 14.2 Å². The van der Waals surface area contributed by atoms with Gasteiger partial charge in [-0.15, -0.1) is 0 Å². The zero-order valence-electron chi connectivity index (χ0n) is 18.3. The van der Waals surface area contributed by atoms with E-state index in [9.17, 15) is 14.4 Å². The first-order chi connectivity index (χ1) is 14.7. The molecule has 4 bridgehead atoms. The predicted octanol–water partition coefficient (Wildman–Crippen LogP) is 4.45. The summed E-state index contributed by atoms with van der Waals surface area (Å²) in [7, 11) is 0. The van der Waals surface area contributed by atoms with Gasteiger partial charge in [-0.1, -0.05) is 15.9 Å². The number of carbonyl (C=O) groups excluding carboxylic acids is 3. The van der Waals surface area contributed by atoms with Crippen molar-refractivity contribution in [3.8, 4) is 0 Å². The second-order valence-electron chi connectivity index (χ2n) is 9.39. The first-order valence-corrected chi connectivity index (χ1v) is 11.9. The molecule has 8 heteroatoms. The van der Waals surface area contributed by atoms with Gasteiger partial charge in [-0.2, -0.15) is 0 Å². The number of carbonyl (C=O) groups is 3. The van der Waals surface area contributed by atoms with Gasteiger partial charge in [0, 0.05) is 4.32 Å². The maximum Gasteiger partial charge on any atom is 0.355 e. The van der Waals surface area contributed by atoms with E-state index in [-0.39, 0.29) is 41.4 Å². The molecule has 0 aromatic carbocycles. The Labute approximate surface area is 190 Å². The van der Waals surface area contributed by atoms with Crippen molar-refractivity contribution in [2.24, 2.45) is 17.3 Å². The van der Waals surface area contributed by atoms with Gasteiger partial charge in [0.15, 0.2) is 0 Å². The second-order valence-corrected chi connectivity index (χ2v) is 11.1. The molecule has 1 aromatic heterocycles. The molecule has 4 saturated carbocycles. The van der Waals surface area contributed by atoms with Crippen molar-refractivity contribution in [3.05, 3.63) is 22.5 Å². The lowest BCUT2D eigenvalue weighted by Crippen LogP contribution is -2.56. The van der Waals surface area contributed by atoms with E-state index in [0.29, 0.717) is 23.1 Å². The molecule has 1 aromatic rings. The molecule has 0 aliphatic heterocycles. The van der Waals surface area contributed by atoms with Crippen LogP contribution in [0.3, 0.4) is 0 Å². The van der Waals surface area contributed by atoms with Crippen LogP contribution in [-0.4, -0.2) is 40.4 Å². The molecule has 0 spiro atoms. The molecule has 4 aliphatic carbocycles. The van der Waals surface area contributed by atoms with Crippen molar-refractivity contribution in [1.82, 2.24) is 4.98 Å². The topological polar surface area (TPSA) is 94.7 Å². The summed E-state index contributed by atoms with van der Waals surface area (Å²) in [5, 5.41) is 0. The maximum absolute atomic E-state index is 13.3. The zero-order valence-corrected chi connectivity index (χ0v) is 19.9. The summed E-state index contributed by atoms with van der Waals surface area (Å²) in [5.41, 5.74) is 0.775. The SMILES string of the molecule is CCOC(=O)c1[nH]c(COC(=O)C23C[C@H]4C[C@@H](CC(Br)(C4)C2)C3)c(C(=O)OCC)c1C. The molecule has 1 heterocycles. The lowest BCUT2D eigenvalue weighted by atomic mass is 9.49. The molecule has 4 fully saturated rings. The van der Waals surface area contributed by atoms with Crippen LogP contribution < -0.4 is 0 Å². The van der Waals surface area contributed by atoms with Crippen LogP contribution in [-0.2, 0) is 25.6 Å². The summed E-state index contributed by atoms with van der Waals surface area (Å²) in [4.78, 5) is 41.1. The largest absolute Gasteiger partial charge is 0.462 e. The van der Waals surface area contributed by atoms with Crippen LogP contribution in [0.5, 0.6) is 0 Å². The van der Waals surface area contributed by atoms with Crippen molar-refractivity contribution in [2.45, 2.75) is 70.2 Å². The monoisotopic (exact) mass is 495 g/mol. The Morgan fingerprint density at radius 3 is 2.19 bits per heavy atom. The molecule has 5 rings (SSSR count). The summed E-state index contributed by atoms with van der Waals surface area (Å²) in [6, 6.07) is 0. The van der Waals surface area contributed by atoms with Gasteiger partial charge in [0.2, 0.25) is 0 Å². The van der Waals surface area contributed by atoms with Gasteiger partial charge < -0.3 is 19.2 Å². The van der Waals surface area contributed by atoms with E-state index in [1.165, 1.54) is 6.42 Å². The highest BCUT2D eigenvalue weighted by Crippen LogP contribution is 2.64. The summed E-state index contributed by atoms with van der Waals surface area (Å²) in [5.74, 6) is -0.180. The fourth-order valence-electron chi connectivity index (χ4n) is 6.33. The van der Waals surface area contributed by atoms with Crippen molar-refractivity contribution in [1.29, 1.82) is 0 Å². The highest BCUT2D eigenvalue weighted by Gasteiger charge is 2.60. The average Bonchev–Trinajstić information content (AvgIpc) is 3.01. The minimum absolute atomic E-state index is 0.0479. The van der Waals surface area contributed by atoms with Gasteiger partial charge in [0.25, 0.3) is 0 Å². The summed E-state index contributed by atoms with van der Waals surface area (Å²) in [6.07, 6.45) is 6.01. The van der Waals surface area contributed by atoms with Gasteiger partial charge >= 0.3 is 17.9 Å². The van der Waals surface area contributed by atoms with Crippen LogP contribution in [0, 0.1) is 24.2 Å². The third-order valence-corrected chi connectivity index (χ3v) is 7.98. The molecule has 0 radical (unpaired) electrons. The summed E-state index contributed by atoms with van der Waals surface area (Å²) < 4.78 is 16.1. The van der Waals surface area contributed by atoms with Gasteiger partial charge in [0.1, 0.15) is 12.3 Å². The van der Waals surface area contributed by atoms with E-state index in [1.54, 1.807) is 20.8 Å². The molecule has 1 N–H and O–H groups in total. The average molecular weight is 496 g/mol. The van der Waals surface area contributed by atoms with Crippen LogP contribution in [0.4, 0.5) is 0 Å². The van der Waals surface area contributed by atoms with Gasteiger partial charge in [0.05, 0.1) is 29.9 Å². The number of esters is 3. The van der Waals surface area contributed by atoms with Crippen molar-refractivity contribution < 1.29 is 28.6 Å². The first-order valence-electron chi connectivity index (χ1n) is 11.1. The lowest BCUT2D eigenvalue weighted by molar-refractivity contribution is -0.171. The number of hydrogen-bond acceptors (Lipinski definition) is 6. The Hall–Kier alpha value is -1.83. The Morgan fingerprint density at radius 1 is 1.00 bits per heavy atom. The van der Waals surface area contributed by atoms with Gasteiger partial charge in [-0.25, -0.2) is 9.59 Å². The molecule has 2 atom stereocenters. The number of alkyl halides is 1. The lowest BCUT2D eigenvalue weighted by Gasteiger charge is -2.58. The second kappa shape index (κ2) is 8.26. The molecule has 31 heavy (non-hydrogen) atoms. The summed E-state index contributed by atoms with van der Waals surface area (Å²) >= 11 is 3.92. The first kappa shape index (κ1) is 22.4. The summed E-state index contributed by atoms with van der Waals surface area (Å²) in [6.45, 7) is 5.40. The van der Waals surface area contributed by atoms with Crippen LogP contribution in [0.15, 0.2) is 0 Å². The van der Waals surface area contributed by atoms with Crippen LogP contribution >= 0.6 is 15.9 Å². The van der Waals surface area contributed by atoms with Crippen molar-refractivity contribution in [2.75, 3.05) is 13.2 Å². The smallest absolute Gasteiger partial charge is 0.355 e. The molecule has 0 amide bonds. The zero-order chi connectivity index (χ0) is 22.4. The molecule has 0 saturated heterocycles. The molecular formula is C23H30BrNO6. The standard InChI is InChI=1S/C23H30BrNO6/c1-4-29-19(26)17-13(3)18(20(27)30-5-2)25-16(17)11-31-21(28)22-7-14-6-15(8-22)10-23(24,9-14)12-22/h14-15,25H,4-12H2,1-3H3/t14-,15-,22?,23?/m1/s1. The van der Waals surface area contributed by atoms with E-state index in [1.807, 2.05) is 0 Å². The Balaban J connectivity index is 1.55. The van der Waals surface area contributed by atoms with Crippen LogP contribution in [0.2, 0.25) is 0 Å². The number of nitrogens with one attached hydrogen (secondary N) is 1. The molecule has 0 unspecified atom stereocenters. The van der Waals surface area contributed by atoms with Crippen LogP contribution in [0.1, 0.15) is 84.5 Å². The van der Waals surface area contributed by atoms with Crippen LogP contribution in [0.25, 0.3) is 0 Å². The third kappa shape index (κ3) is 4.03. The Kier molecular flexibility index (Phi) is 5.96. The number of H-pyrrole nitrogens is 1. The minimum atomic E-state index is -0.551. The highest BCUT2D eigenvalue weighted by atomic mass is 79.9. The van der Waals surface area contributed by atoms with Crippen molar-refractivity contribution >= 4 is 33.8 Å². The van der Waals surface area contributed by atoms with E-state index < -0.39 is 17.4 Å².